The van der Waals surface area contributed by atoms with Gasteiger partial charge in [0.1, 0.15) is 5.69 Å². The predicted octanol–water partition coefficient (Wildman–Crippen LogP) is 4.10. The Morgan fingerprint density at radius 2 is 1.70 bits per heavy atom. The second-order valence-electron chi connectivity index (χ2n) is 5.09. The van der Waals surface area contributed by atoms with Gasteiger partial charge in [0.2, 0.25) is 5.90 Å². The Kier molecular flexibility index (Phi) is 10.9. The SMILES string of the molecule is CC.CC.Cc1ccc(C(=N)OC(=N)C2CCN(C)CC2)nc1. The first-order chi connectivity index (χ1) is 11.1. The van der Waals surface area contributed by atoms with Crippen LogP contribution in [0.2, 0.25) is 0 Å². The monoisotopic (exact) mass is 320 g/mol. The average molecular weight is 320 g/mol. The number of hydrogen-bond acceptors (Lipinski definition) is 5. The molecule has 130 valence electrons. The van der Waals surface area contributed by atoms with E-state index in [-0.39, 0.29) is 17.7 Å². The summed E-state index contributed by atoms with van der Waals surface area (Å²) in [5.41, 5.74) is 1.52. The first kappa shape index (κ1) is 21.2. The summed E-state index contributed by atoms with van der Waals surface area (Å²) in [4.78, 5) is 6.38. The molecule has 0 aliphatic carbocycles. The number of nitrogens with zero attached hydrogens (tertiary/aromatic N) is 2. The van der Waals surface area contributed by atoms with Gasteiger partial charge in [-0.05, 0) is 51.5 Å². The highest BCUT2D eigenvalue weighted by molar-refractivity contribution is 5.98. The number of rotatable bonds is 2. The summed E-state index contributed by atoms with van der Waals surface area (Å²) < 4.78 is 5.34. The van der Waals surface area contributed by atoms with Crippen LogP contribution in [0.15, 0.2) is 18.3 Å². The summed E-state index contributed by atoms with van der Waals surface area (Å²) in [7, 11) is 2.08. The van der Waals surface area contributed by atoms with Crippen molar-refractivity contribution in [3.63, 3.8) is 0 Å². The maximum absolute atomic E-state index is 7.96. The van der Waals surface area contributed by atoms with Crippen LogP contribution in [0, 0.1) is 23.7 Å². The molecule has 5 heteroatoms. The minimum Gasteiger partial charge on any atom is -0.423 e. The van der Waals surface area contributed by atoms with Crippen molar-refractivity contribution in [1.29, 1.82) is 10.8 Å². The number of likely N-dealkylation sites (tertiary alicyclic amines) is 1. The molecule has 0 saturated carbocycles. The fourth-order valence-corrected chi connectivity index (χ4v) is 2.12. The molecule has 1 fully saturated rings. The Labute approximate surface area is 141 Å². The standard InChI is InChI=1S/C14H20N4O.2C2H6/c1-10-3-4-12(17-9-10)14(16)19-13(15)11-5-7-18(2)8-6-11;2*1-2/h3-4,9,11,15-16H,5-8H2,1-2H3;2*1-2H3. The van der Waals surface area contributed by atoms with Crippen molar-refractivity contribution < 1.29 is 4.74 Å². The summed E-state index contributed by atoms with van der Waals surface area (Å²) >= 11 is 0. The molecule has 1 aliphatic rings. The van der Waals surface area contributed by atoms with Crippen molar-refractivity contribution in [3.05, 3.63) is 29.6 Å². The van der Waals surface area contributed by atoms with Crippen LogP contribution in [0.5, 0.6) is 0 Å². The van der Waals surface area contributed by atoms with Crippen LogP contribution in [0.3, 0.4) is 0 Å². The number of aromatic nitrogens is 1. The molecular weight excluding hydrogens is 288 g/mol. The van der Waals surface area contributed by atoms with E-state index < -0.39 is 0 Å². The maximum atomic E-state index is 7.96. The highest BCUT2D eigenvalue weighted by Gasteiger charge is 2.23. The molecule has 0 aromatic carbocycles. The number of ether oxygens (including phenoxy) is 1. The zero-order valence-electron chi connectivity index (χ0n) is 15.4. The Morgan fingerprint density at radius 3 is 2.17 bits per heavy atom. The zero-order chi connectivity index (χ0) is 17.8. The van der Waals surface area contributed by atoms with Crippen LogP contribution in [0.1, 0.15) is 51.8 Å². The van der Waals surface area contributed by atoms with Crippen molar-refractivity contribution in [2.24, 2.45) is 5.92 Å². The van der Waals surface area contributed by atoms with E-state index in [0.717, 1.165) is 31.5 Å². The maximum Gasteiger partial charge on any atom is 0.239 e. The molecule has 1 aromatic heterocycles. The lowest BCUT2D eigenvalue weighted by atomic mass is 9.97. The molecule has 0 amide bonds. The van der Waals surface area contributed by atoms with Crippen LogP contribution in [0.25, 0.3) is 0 Å². The highest BCUT2D eigenvalue weighted by Crippen LogP contribution is 2.18. The molecule has 0 radical (unpaired) electrons. The van der Waals surface area contributed by atoms with E-state index >= 15 is 0 Å². The van der Waals surface area contributed by atoms with Gasteiger partial charge in [0, 0.05) is 12.1 Å². The van der Waals surface area contributed by atoms with Crippen molar-refractivity contribution in [2.45, 2.75) is 47.5 Å². The average Bonchev–Trinajstić information content (AvgIpc) is 2.59. The first-order valence-corrected chi connectivity index (χ1v) is 8.52. The van der Waals surface area contributed by atoms with Crippen LogP contribution in [0.4, 0.5) is 0 Å². The predicted molar refractivity (Wildman–Crippen MR) is 97.5 cm³/mol. The number of pyridine rings is 1. The molecule has 0 atom stereocenters. The third-order valence-corrected chi connectivity index (χ3v) is 3.45. The van der Waals surface area contributed by atoms with Crippen molar-refractivity contribution in [1.82, 2.24) is 9.88 Å². The quantitative estimate of drug-likeness (QED) is 0.636. The fraction of sp³-hybridized carbons (Fsp3) is 0.611. The molecule has 1 aromatic rings. The highest BCUT2D eigenvalue weighted by atomic mass is 16.5. The van der Waals surface area contributed by atoms with Crippen LogP contribution >= 0.6 is 0 Å². The summed E-state index contributed by atoms with van der Waals surface area (Å²) in [6.45, 7) is 11.9. The Hall–Kier alpha value is -1.75. The summed E-state index contributed by atoms with van der Waals surface area (Å²) in [5, 5.41) is 15.8. The molecule has 23 heavy (non-hydrogen) atoms. The summed E-state index contributed by atoms with van der Waals surface area (Å²) in [6, 6.07) is 3.64. The minimum absolute atomic E-state index is 0.0380. The summed E-state index contributed by atoms with van der Waals surface area (Å²) in [6.07, 6.45) is 3.54. The number of nitrogens with one attached hydrogen (secondary N) is 2. The molecule has 0 unspecified atom stereocenters. The Morgan fingerprint density at radius 1 is 1.13 bits per heavy atom. The molecule has 0 bridgehead atoms. The van der Waals surface area contributed by atoms with E-state index in [1.807, 2.05) is 40.7 Å². The molecule has 5 nitrogen and oxygen atoms in total. The topological polar surface area (TPSA) is 73.1 Å². The lowest BCUT2D eigenvalue weighted by Crippen LogP contribution is -2.34. The zero-order valence-corrected chi connectivity index (χ0v) is 15.4. The van der Waals surface area contributed by atoms with E-state index in [1.165, 1.54) is 0 Å². The van der Waals surface area contributed by atoms with Gasteiger partial charge in [-0.25, -0.2) is 0 Å². The Balaban J connectivity index is 0.00000112. The van der Waals surface area contributed by atoms with E-state index in [4.69, 9.17) is 15.6 Å². The van der Waals surface area contributed by atoms with E-state index in [1.54, 1.807) is 12.3 Å². The van der Waals surface area contributed by atoms with Crippen molar-refractivity contribution in [3.8, 4) is 0 Å². The number of hydrogen-bond donors (Lipinski definition) is 2. The Bertz CT molecular complexity index is 462. The molecule has 0 spiro atoms. The summed E-state index contributed by atoms with van der Waals surface area (Å²) in [5.74, 6) is 0.284. The van der Waals surface area contributed by atoms with Crippen LogP contribution in [-0.2, 0) is 4.74 Å². The van der Waals surface area contributed by atoms with Gasteiger partial charge in [-0.2, -0.15) is 0 Å². The van der Waals surface area contributed by atoms with E-state index in [9.17, 15) is 0 Å². The number of aryl methyl sites for hydroxylation is 1. The van der Waals surface area contributed by atoms with Gasteiger partial charge in [0.15, 0.2) is 5.90 Å². The smallest absolute Gasteiger partial charge is 0.239 e. The van der Waals surface area contributed by atoms with E-state index in [2.05, 4.69) is 16.9 Å². The molecular formula is C18H32N4O. The van der Waals surface area contributed by atoms with Gasteiger partial charge in [-0.15, -0.1) is 0 Å². The van der Waals surface area contributed by atoms with Crippen molar-refractivity contribution in [2.75, 3.05) is 20.1 Å². The second kappa shape index (κ2) is 11.8. The van der Waals surface area contributed by atoms with Gasteiger partial charge in [-0.1, -0.05) is 33.8 Å². The van der Waals surface area contributed by atoms with Crippen LogP contribution < -0.4 is 0 Å². The van der Waals surface area contributed by atoms with Gasteiger partial charge >= 0.3 is 0 Å². The first-order valence-electron chi connectivity index (χ1n) is 8.52. The largest absolute Gasteiger partial charge is 0.423 e. The van der Waals surface area contributed by atoms with Crippen LogP contribution in [-0.4, -0.2) is 41.8 Å². The fourth-order valence-electron chi connectivity index (χ4n) is 2.12. The number of piperidine rings is 1. The van der Waals surface area contributed by atoms with E-state index in [0.29, 0.717) is 5.69 Å². The minimum atomic E-state index is -0.0380. The lowest BCUT2D eigenvalue weighted by Gasteiger charge is -2.28. The van der Waals surface area contributed by atoms with Crippen molar-refractivity contribution >= 4 is 11.8 Å². The third kappa shape index (κ3) is 7.37. The molecule has 2 N–H and O–H groups in total. The lowest BCUT2D eigenvalue weighted by molar-refractivity contribution is 0.240. The van der Waals surface area contributed by atoms with Gasteiger partial charge in [0.05, 0.1) is 0 Å². The van der Waals surface area contributed by atoms with Gasteiger partial charge < -0.3 is 9.64 Å². The van der Waals surface area contributed by atoms with Gasteiger partial charge in [0.25, 0.3) is 0 Å². The molecule has 2 rings (SSSR count). The molecule has 1 saturated heterocycles. The normalized spacial score (nSPS) is 14.7. The van der Waals surface area contributed by atoms with Gasteiger partial charge in [-0.3, -0.25) is 15.8 Å². The molecule has 2 heterocycles. The second-order valence-corrected chi connectivity index (χ2v) is 5.09. The molecule has 1 aliphatic heterocycles. The third-order valence-electron chi connectivity index (χ3n) is 3.45.